The minimum absolute atomic E-state index is 0.206. The molecule has 7 nitrogen and oxygen atoms in total. The highest BCUT2D eigenvalue weighted by molar-refractivity contribution is 5.76. The van der Waals surface area contributed by atoms with Gasteiger partial charge in [-0.25, -0.2) is 4.98 Å². The second-order valence-corrected chi connectivity index (χ2v) is 7.05. The molecule has 3 heterocycles. The molecular formula is C19H29N5O2. The van der Waals surface area contributed by atoms with Crippen LogP contribution in [0, 0.1) is 13.8 Å². The zero-order chi connectivity index (χ0) is 18.5. The summed E-state index contributed by atoms with van der Waals surface area (Å²) in [6.07, 6.45) is 6.43. The molecule has 3 rings (SSSR count). The Morgan fingerprint density at radius 2 is 2.19 bits per heavy atom. The summed E-state index contributed by atoms with van der Waals surface area (Å²) in [7, 11) is 1.71. The number of likely N-dealkylation sites (tertiary alicyclic amines) is 1. The van der Waals surface area contributed by atoms with Gasteiger partial charge in [-0.15, -0.1) is 0 Å². The Kier molecular flexibility index (Phi) is 6.08. The number of imidazole rings is 1. The van der Waals surface area contributed by atoms with Crippen LogP contribution in [0.15, 0.2) is 18.5 Å². The van der Waals surface area contributed by atoms with Gasteiger partial charge in [0.05, 0.1) is 12.3 Å². The maximum Gasteiger partial charge on any atom is 0.224 e. The van der Waals surface area contributed by atoms with E-state index in [4.69, 9.17) is 4.74 Å². The summed E-state index contributed by atoms with van der Waals surface area (Å²) in [6.45, 7) is 7.70. The zero-order valence-electron chi connectivity index (χ0n) is 16.0. The molecule has 1 fully saturated rings. The quantitative estimate of drug-likeness (QED) is 0.760. The first-order chi connectivity index (χ1) is 12.6. The molecule has 142 valence electrons. The minimum atomic E-state index is 0.206. The van der Waals surface area contributed by atoms with Crippen molar-refractivity contribution < 1.29 is 9.53 Å². The van der Waals surface area contributed by atoms with Crippen molar-refractivity contribution in [3.05, 3.63) is 35.7 Å². The van der Waals surface area contributed by atoms with Gasteiger partial charge in [-0.3, -0.25) is 9.48 Å². The number of nitrogens with zero attached hydrogens (tertiary/aromatic N) is 5. The van der Waals surface area contributed by atoms with Crippen LogP contribution in [0.25, 0.3) is 0 Å². The third kappa shape index (κ3) is 4.33. The molecule has 2 aromatic rings. The first-order valence-corrected chi connectivity index (χ1v) is 9.37. The zero-order valence-corrected chi connectivity index (χ0v) is 16.0. The highest BCUT2D eigenvalue weighted by Gasteiger charge is 2.27. The average molecular weight is 359 g/mol. The molecule has 0 saturated carbocycles. The third-order valence-corrected chi connectivity index (χ3v) is 5.06. The van der Waals surface area contributed by atoms with Crippen molar-refractivity contribution in [3.8, 4) is 0 Å². The van der Waals surface area contributed by atoms with Gasteiger partial charge in [0.1, 0.15) is 5.82 Å². The second-order valence-electron chi connectivity index (χ2n) is 7.05. The molecule has 0 aromatic carbocycles. The molecule has 0 radical (unpaired) electrons. The van der Waals surface area contributed by atoms with Crippen LogP contribution in [0.4, 0.5) is 0 Å². The number of rotatable bonds is 7. The van der Waals surface area contributed by atoms with Crippen molar-refractivity contribution in [2.45, 2.75) is 52.1 Å². The number of hydrogen-bond donors (Lipinski definition) is 0. The fourth-order valence-corrected chi connectivity index (χ4v) is 3.73. The van der Waals surface area contributed by atoms with Gasteiger partial charge in [0.15, 0.2) is 0 Å². The lowest BCUT2D eigenvalue weighted by atomic mass is 9.97. The third-order valence-electron chi connectivity index (χ3n) is 5.06. The van der Waals surface area contributed by atoms with Crippen molar-refractivity contribution >= 4 is 5.91 Å². The Morgan fingerprint density at radius 1 is 1.35 bits per heavy atom. The standard InChI is InChI=1S/C19H29N5O2/c1-15-13-16(2)24(21-15)9-6-18(25)23-8-4-5-17(14-23)19-20-7-10-22(19)11-12-26-3/h7,10,13,17H,4-6,8-9,11-12,14H2,1-3H3. The molecule has 0 N–H and O–H groups in total. The number of methoxy groups -OCH3 is 1. The van der Waals surface area contributed by atoms with E-state index in [0.29, 0.717) is 25.5 Å². The number of amides is 1. The van der Waals surface area contributed by atoms with Crippen LogP contribution in [0.5, 0.6) is 0 Å². The minimum Gasteiger partial charge on any atom is -0.383 e. The maximum atomic E-state index is 12.7. The summed E-state index contributed by atoms with van der Waals surface area (Å²) in [4.78, 5) is 19.2. The number of carbonyl (C=O) groups excluding carboxylic acids is 1. The molecule has 1 aliphatic rings. The second kappa shape index (κ2) is 8.49. The monoisotopic (exact) mass is 359 g/mol. The van der Waals surface area contributed by atoms with Crippen LogP contribution in [0.2, 0.25) is 0 Å². The molecule has 1 unspecified atom stereocenters. The first kappa shape index (κ1) is 18.6. The molecule has 2 aromatic heterocycles. The lowest BCUT2D eigenvalue weighted by Gasteiger charge is -2.33. The fraction of sp³-hybridized carbons (Fsp3) is 0.632. The van der Waals surface area contributed by atoms with Gasteiger partial charge in [0, 0.05) is 63.7 Å². The molecule has 0 bridgehead atoms. The number of piperidine rings is 1. The lowest BCUT2D eigenvalue weighted by Crippen LogP contribution is -2.40. The van der Waals surface area contributed by atoms with Crippen molar-refractivity contribution in [2.24, 2.45) is 0 Å². The molecule has 1 aliphatic heterocycles. The van der Waals surface area contributed by atoms with E-state index in [9.17, 15) is 4.79 Å². The average Bonchev–Trinajstić information content (AvgIpc) is 3.23. The van der Waals surface area contributed by atoms with Gasteiger partial charge >= 0.3 is 0 Å². The largest absolute Gasteiger partial charge is 0.383 e. The number of hydrogen-bond acceptors (Lipinski definition) is 4. The van der Waals surface area contributed by atoms with E-state index in [0.717, 1.165) is 49.7 Å². The summed E-state index contributed by atoms with van der Waals surface area (Å²) < 4.78 is 9.25. The normalized spacial score (nSPS) is 17.7. The van der Waals surface area contributed by atoms with E-state index in [1.165, 1.54) is 0 Å². The Morgan fingerprint density at radius 3 is 2.92 bits per heavy atom. The number of ether oxygens (including phenoxy) is 1. The van der Waals surface area contributed by atoms with Crippen LogP contribution < -0.4 is 0 Å². The SMILES string of the molecule is COCCn1ccnc1C1CCCN(C(=O)CCn2nc(C)cc2C)C1. The van der Waals surface area contributed by atoms with Crippen LogP contribution in [-0.4, -0.2) is 56.9 Å². The first-order valence-electron chi connectivity index (χ1n) is 9.37. The molecule has 26 heavy (non-hydrogen) atoms. The van der Waals surface area contributed by atoms with Gasteiger partial charge < -0.3 is 14.2 Å². The molecule has 0 aliphatic carbocycles. The number of aromatic nitrogens is 4. The highest BCUT2D eigenvalue weighted by Crippen LogP contribution is 2.26. The topological polar surface area (TPSA) is 65.2 Å². The molecule has 0 spiro atoms. The van der Waals surface area contributed by atoms with Gasteiger partial charge in [-0.05, 0) is 32.8 Å². The summed E-state index contributed by atoms with van der Waals surface area (Å²) in [6, 6.07) is 2.04. The number of carbonyl (C=O) groups is 1. The van der Waals surface area contributed by atoms with E-state index < -0.39 is 0 Å². The van der Waals surface area contributed by atoms with E-state index in [1.54, 1.807) is 7.11 Å². The molecule has 7 heteroatoms. The van der Waals surface area contributed by atoms with Crippen molar-refractivity contribution in [1.82, 2.24) is 24.2 Å². The summed E-state index contributed by atoms with van der Waals surface area (Å²) >= 11 is 0. The predicted molar refractivity (Wildman–Crippen MR) is 99.0 cm³/mol. The summed E-state index contributed by atoms with van der Waals surface area (Å²) in [5.41, 5.74) is 2.10. The number of aryl methyl sites for hydroxylation is 3. The fourth-order valence-electron chi connectivity index (χ4n) is 3.73. The molecule has 1 saturated heterocycles. The predicted octanol–water partition coefficient (Wildman–Crippen LogP) is 2.14. The van der Waals surface area contributed by atoms with E-state index in [-0.39, 0.29) is 5.91 Å². The smallest absolute Gasteiger partial charge is 0.224 e. The molecule has 1 atom stereocenters. The van der Waals surface area contributed by atoms with Crippen LogP contribution in [0.3, 0.4) is 0 Å². The van der Waals surface area contributed by atoms with E-state index in [1.807, 2.05) is 41.9 Å². The van der Waals surface area contributed by atoms with Crippen LogP contribution in [-0.2, 0) is 22.6 Å². The maximum absolute atomic E-state index is 12.7. The van der Waals surface area contributed by atoms with Gasteiger partial charge in [-0.1, -0.05) is 0 Å². The molecule has 1 amide bonds. The molecular weight excluding hydrogens is 330 g/mol. The summed E-state index contributed by atoms with van der Waals surface area (Å²) in [5.74, 6) is 1.57. The lowest BCUT2D eigenvalue weighted by molar-refractivity contribution is -0.132. The Hall–Kier alpha value is -2.15. The van der Waals surface area contributed by atoms with Gasteiger partial charge in [0.25, 0.3) is 0 Å². The Labute approximate surface area is 155 Å². The van der Waals surface area contributed by atoms with Crippen molar-refractivity contribution in [3.63, 3.8) is 0 Å². The van der Waals surface area contributed by atoms with Crippen molar-refractivity contribution in [2.75, 3.05) is 26.8 Å². The van der Waals surface area contributed by atoms with Gasteiger partial charge in [0.2, 0.25) is 5.91 Å². The highest BCUT2D eigenvalue weighted by atomic mass is 16.5. The van der Waals surface area contributed by atoms with Crippen LogP contribution >= 0.6 is 0 Å². The van der Waals surface area contributed by atoms with Gasteiger partial charge in [-0.2, -0.15) is 5.10 Å². The van der Waals surface area contributed by atoms with Crippen LogP contribution in [0.1, 0.15) is 42.4 Å². The van der Waals surface area contributed by atoms with E-state index >= 15 is 0 Å². The Balaban J connectivity index is 1.58. The summed E-state index contributed by atoms with van der Waals surface area (Å²) in [5, 5.41) is 4.44. The van der Waals surface area contributed by atoms with Crippen molar-refractivity contribution in [1.29, 1.82) is 0 Å². The van der Waals surface area contributed by atoms with E-state index in [2.05, 4.69) is 14.6 Å². The Bertz CT molecular complexity index is 736.